The number of carboxylic acids is 1. The molecule has 0 aliphatic carbocycles. The number of hydrogen-bond acceptors (Lipinski definition) is 8. The zero-order chi connectivity index (χ0) is 31.6. The zero-order valence-corrected chi connectivity index (χ0v) is 25.2. The molecule has 0 spiro atoms. The van der Waals surface area contributed by atoms with Crippen LogP contribution in [0, 0.1) is 0 Å². The van der Waals surface area contributed by atoms with Gasteiger partial charge in [-0.2, -0.15) is 0 Å². The van der Waals surface area contributed by atoms with Crippen LogP contribution in [0.25, 0.3) is 0 Å². The molecular formula is C30H35N3O9S. The SMILES string of the molecule is CCOc1cc(S(C)(=O)=O)c(OCC)cc1CNC(=O)Nc1ccc(OCC)c(C(=O)NCc2cccc(C(=O)O)c2)c1. The Hall–Kier alpha value is -4.78. The van der Waals surface area contributed by atoms with Gasteiger partial charge in [0.2, 0.25) is 0 Å². The van der Waals surface area contributed by atoms with Gasteiger partial charge in [-0.3, -0.25) is 4.79 Å². The van der Waals surface area contributed by atoms with E-state index < -0.39 is 27.7 Å². The van der Waals surface area contributed by atoms with Crippen molar-refractivity contribution in [3.05, 3.63) is 76.9 Å². The highest BCUT2D eigenvalue weighted by Gasteiger charge is 2.20. The molecule has 12 nitrogen and oxygen atoms in total. The Morgan fingerprint density at radius 3 is 2.12 bits per heavy atom. The molecule has 3 amide bonds. The minimum atomic E-state index is -3.60. The Bertz CT molecular complexity index is 1590. The summed E-state index contributed by atoms with van der Waals surface area (Å²) in [4.78, 5) is 37.1. The zero-order valence-electron chi connectivity index (χ0n) is 24.4. The molecule has 43 heavy (non-hydrogen) atoms. The second kappa shape index (κ2) is 14.9. The van der Waals surface area contributed by atoms with Crippen LogP contribution < -0.4 is 30.2 Å². The van der Waals surface area contributed by atoms with Crippen molar-refractivity contribution < 1.29 is 42.1 Å². The molecule has 3 aromatic rings. The maximum Gasteiger partial charge on any atom is 0.335 e. The molecule has 0 aliphatic rings. The van der Waals surface area contributed by atoms with E-state index >= 15 is 0 Å². The van der Waals surface area contributed by atoms with E-state index in [4.69, 9.17) is 14.2 Å². The number of nitrogens with one attached hydrogen (secondary N) is 3. The van der Waals surface area contributed by atoms with E-state index in [0.29, 0.717) is 34.9 Å². The number of urea groups is 1. The number of hydrogen-bond donors (Lipinski definition) is 4. The number of carboxylic acid groups (broad SMARTS) is 1. The Balaban J connectivity index is 1.75. The Morgan fingerprint density at radius 2 is 1.47 bits per heavy atom. The van der Waals surface area contributed by atoms with Crippen molar-refractivity contribution in [1.29, 1.82) is 0 Å². The number of ether oxygens (including phenoxy) is 3. The van der Waals surface area contributed by atoms with Gasteiger partial charge in [-0.25, -0.2) is 18.0 Å². The highest BCUT2D eigenvalue weighted by Crippen LogP contribution is 2.33. The predicted molar refractivity (Wildman–Crippen MR) is 160 cm³/mol. The van der Waals surface area contributed by atoms with Crippen molar-refractivity contribution in [2.75, 3.05) is 31.4 Å². The number of amides is 3. The van der Waals surface area contributed by atoms with Gasteiger partial charge in [0.05, 0.1) is 30.9 Å². The number of aromatic carboxylic acids is 1. The van der Waals surface area contributed by atoms with E-state index in [-0.39, 0.29) is 48.1 Å². The highest BCUT2D eigenvalue weighted by molar-refractivity contribution is 7.90. The van der Waals surface area contributed by atoms with Gasteiger partial charge in [-0.15, -0.1) is 0 Å². The summed E-state index contributed by atoms with van der Waals surface area (Å²) in [6, 6.07) is 13.1. The van der Waals surface area contributed by atoms with Crippen LogP contribution in [0.5, 0.6) is 17.2 Å². The summed E-state index contributed by atoms with van der Waals surface area (Å²) in [7, 11) is -3.60. The van der Waals surface area contributed by atoms with Crippen LogP contribution in [-0.4, -0.2) is 57.5 Å². The van der Waals surface area contributed by atoms with E-state index in [9.17, 15) is 27.9 Å². The third-order valence-corrected chi connectivity index (χ3v) is 7.09. The fourth-order valence-electron chi connectivity index (χ4n) is 4.08. The summed E-state index contributed by atoms with van der Waals surface area (Å²) >= 11 is 0. The normalized spacial score (nSPS) is 10.9. The van der Waals surface area contributed by atoms with E-state index in [1.807, 2.05) is 0 Å². The summed E-state index contributed by atoms with van der Waals surface area (Å²) in [6.45, 7) is 6.15. The standard InChI is InChI=1S/C30H35N3O9S/c1-5-40-24-12-11-22(15-23(24)28(34)31-17-19-9-8-10-20(13-19)29(35)36)33-30(37)32-18-21-14-26(42-7-3)27(43(4,38)39)16-25(21)41-6-2/h8-16H,5-7,17-18H2,1-4H3,(H,31,34)(H,35,36)(H2,32,33,37). The van der Waals surface area contributed by atoms with Crippen molar-refractivity contribution in [2.45, 2.75) is 38.8 Å². The lowest BCUT2D eigenvalue weighted by Crippen LogP contribution is -2.29. The number of benzene rings is 3. The summed E-state index contributed by atoms with van der Waals surface area (Å²) in [6.07, 6.45) is 1.08. The largest absolute Gasteiger partial charge is 0.493 e. The number of carbonyl (C=O) groups is 3. The van der Waals surface area contributed by atoms with Crippen LogP contribution >= 0.6 is 0 Å². The van der Waals surface area contributed by atoms with Crippen molar-refractivity contribution in [2.24, 2.45) is 0 Å². The van der Waals surface area contributed by atoms with Gasteiger partial charge in [0.15, 0.2) is 9.84 Å². The Labute approximate surface area is 250 Å². The number of rotatable bonds is 14. The summed E-state index contributed by atoms with van der Waals surface area (Å²) in [5, 5.41) is 17.3. The maximum absolute atomic E-state index is 13.1. The predicted octanol–water partition coefficient (Wildman–Crippen LogP) is 4.24. The Morgan fingerprint density at radius 1 is 0.791 bits per heavy atom. The van der Waals surface area contributed by atoms with Crippen molar-refractivity contribution in [1.82, 2.24) is 10.6 Å². The van der Waals surface area contributed by atoms with Crippen molar-refractivity contribution in [3.8, 4) is 17.2 Å². The molecule has 230 valence electrons. The molecule has 0 bridgehead atoms. The molecule has 0 unspecified atom stereocenters. The maximum atomic E-state index is 13.1. The average Bonchev–Trinajstić information content (AvgIpc) is 2.96. The highest BCUT2D eigenvalue weighted by atomic mass is 32.2. The first-order valence-corrected chi connectivity index (χ1v) is 15.4. The number of sulfone groups is 1. The number of anilines is 1. The molecule has 3 aromatic carbocycles. The molecule has 0 aliphatic heterocycles. The van der Waals surface area contributed by atoms with E-state index in [1.165, 1.54) is 30.3 Å². The summed E-state index contributed by atoms with van der Waals surface area (Å²) in [5.41, 5.74) is 1.69. The van der Waals surface area contributed by atoms with Crippen molar-refractivity contribution >= 4 is 33.4 Å². The molecule has 0 atom stereocenters. The lowest BCUT2D eigenvalue weighted by atomic mass is 10.1. The van der Waals surface area contributed by atoms with Gasteiger partial charge < -0.3 is 35.3 Å². The average molecular weight is 614 g/mol. The summed E-state index contributed by atoms with van der Waals surface area (Å²) in [5.74, 6) is -0.799. The van der Waals surface area contributed by atoms with Crippen LogP contribution in [0.1, 0.15) is 52.6 Å². The lowest BCUT2D eigenvalue weighted by Gasteiger charge is -2.17. The van der Waals surface area contributed by atoms with Gasteiger partial charge in [-0.05, 0) is 62.7 Å². The fourth-order valence-corrected chi connectivity index (χ4v) is 4.88. The van der Waals surface area contributed by atoms with Gasteiger partial charge in [0.25, 0.3) is 5.91 Å². The fraction of sp³-hybridized carbons (Fsp3) is 0.300. The molecule has 0 fully saturated rings. The van der Waals surface area contributed by atoms with Crippen LogP contribution in [0.3, 0.4) is 0 Å². The van der Waals surface area contributed by atoms with E-state index in [2.05, 4.69) is 16.0 Å². The van der Waals surface area contributed by atoms with E-state index in [0.717, 1.165) is 6.26 Å². The summed E-state index contributed by atoms with van der Waals surface area (Å²) < 4.78 is 41.3. The minimum Gasteiger partial charge on any atom is -0.493 e. The lowest BCUT2D eigenvalue weighted by molar-refractivity contribution is 0.0696. The van der Waals surface area contributed by atoms with Gasteiger partial charge in [-0.1, -0.05) is 12.1 Å². The first-order chi connectivity index (χ1) is 20.5. The molecule has 0 saturated carbocycles. The van der Waals surface area contributed by atoms with Crippen LogP contribution in [0.4, 0.5) is 10.5 Å². The van der Waals surface area contributed by atoms with Crippen molar-refractivity contribution in [3.63, 3.8) is 0 Å². The molecular weight excluding hydrogens is 578 g/mol. The van der Waals surface area contributed by atoms with Crippen LogP contribution in [0.15, 0.2) is 59.5 Å². The minimum absolute atomic E-state index is 0.00887. The first kappa shape index (κ1) is 32.7. The smallest absolute Gasteiger partial charge is 0.335 e. The van der Waals surface area contributed by atoms with E-state index in [1.54, 1.807) is 45.0 Å². The molecule has 0 heterocycles. The number of carbonyl (C=O) groups excluding carboxylic acids is 2. The van der Waals surface area contributed by atoms with Gasteiger partial charge in [0.1, 0.15) is 22.1 Å². The van der Waals surface area contributed by atoms with Gasteiger partial charge >= 0.3 is 12.0 Å². The Kier molecular flexibility index (Phi) is 11.4. The van der Waals surface area contributed by atoms with Crippen LogP contribution in [0.2, 0.25) is 0 Å². The van der Waals surface area contributed by atoms with Crippen LogP contribution in [-0.2, 0) is 22.9 Å². The van der Waals surface area contributed by atoms with Gasteiger partial charge in [0, 0.05) is 36.7 Å². The monoisotopic (exact) mass is 613 g/mol. The molecule has 0 radical (unpaired) electrons. The third kappa shape index (κ3) is 9.10. The third-order valence-electron chi connectivity index (χ3n) is 5.97. The molecule has 13 heteroatoms. The molecule has 0 aromatic heterocycles. The second-order valence-corrected chi connectivity index (χ2v) is 11.2. The molecule has 0 saturated heterocycles. The quantitative estimate of drug-likeness (QED) is 0.208. The first-order valence-electron chi connectivity index (χ1n) is 13.5. The molecule has 4 N–H and O–H groups in total. The second-order valence-electron chi connectivity index (χ2n) is 9.18. The topological polar surface area (TPSA) is 169 Å². The molecule has 3 rings (SSSR count).